The van der Waals surface area contributed by atoms with E-state index in [0.29, 0.717) is 5.56 Å². The van der Waals surface area contributed by atoms with Gasteiger partial charge in [0.25, 0.3) is 11.4 Å². The molecule has 3 aromatic rings. The first-order valence-corrected chi connectivity index (χ1v) is 14.0. The second kappa shape index (κ2) is 12.2. The van der Waals surface area contributed by atoms with Crippen LogP contribution in [0.2, 0.25) is 0 Å². The predicted octanol–water partition coefficient (Wildman–Crippen LogP) is 2.87. The number of hydrogen-bond acceptors (Lipinski definition) is 9. The summed E-state index contributed by atoms with van der Waals surface area (Å²) < 4.78 is 26.0. The number of carboxylic acid groups (broad SMARTS) is 1. The number of nitrogens with one attached hydrogen (secondary N) is 1. The number of amides is 1. The number of nitro groups is 2. The number of nitro benzene ring substituents is 2. The van der Waals surface area contributed by atoms with Crippen LogP contribution in [-0.2, 0) is 32.3 Å². The Hall–Kier alpha value is -4.66. The second-order valence-electron chi connectivity index (χ2n) is 10.3. The van der Waals surface area contributed by atoms with Gasteiger partial charge in [0.05, 0.1) is 44.4 Å². The molecule has 0 aliphatic carbocycles. The molecular formula is C26H29N5O9S. The SMILES string of the molecule is CC(C)(C)S(=O)(=O)C[C@@H](Cc1ccccc1)C(=O)N[C@@H](Cc1cn(-c2ccc([N+](=O)[O-])cc2[N+](=O)[O-])cn1)C(=O)O. The number of benzene rings is 2. The van der Waals surface area contributed by atoms with Crippen LogP contribution in [0.25, 0.3) is 5.69 Å². The first-order valence-electron chi connectivity index (χ1n) is 12.3. The molecule has 15 heteroatoms. The number of sulfone groups is 1. The molecule has 1 heterocycles. The lowest BCUT2D eigenvalue weighted by molar-refractivity contribution is -0.394. The highest BCUT2D eigenvalue weighted by atomic mass is 32.2. The van der Waals surface area contributed by atoms with Crippen LogP contribution in [0.15, 0.2) is 61.1 Å². The molecule has 0 saturated heterocycles. The predicted molar refractivity (Wildman–Crippen MR) is 147 cm³/mol. The van der Waals surface area contributed by atoms with Crippen LogP contribution >= 0.6 is 0 Å². The lowest BCUT2D eigenvalue weighted by atomic mass is 9.99. The number of aromatic nitrogens is 2. The smallest absolute Gasteiger partial charge is 0.326 e. The number of carboxylic acids is 1. The Morgan fingerprint density at radius 1 is 1.05 bits per heavy atom. The van der Waals surface area contributed by atoms with Gasteiger partial charge in [-0.2, -0.15) is 0 Å². The fourth-order valence-corrected chi connectivity index (χ4v) is 5.23. The number of carbonyl (C=O) groups excluding carboxylic acids is 1. The molecule has 0 aliphatic heterocycles. The first kappa shape index (κ1) is 30.9. The summed E-state index contributed by atoms with van der Waals surface area (Å²) >= 11 is 0. The van der Waals surface area contributed by atoms with Gasteiger partial charge in [-0.25, -0.2) is 18.2 Å². The summed E-state index contributed by atoms with van der Waals surface area (Å²) in [5.74, 6) is -3.74. The van der Waals surface area contributed by atoms with E-state index >= 15 is 0 Å². The third-order valence-corrected chi connectivity index (χ3v) is 9.07. The molecule has 1 aromatic heterocycles. The average Bonchev–Trinajstić information content (AvgIpc) is 3.35. The quantitative estimate of drug-likeness (QED) is 0.234. The van der Waals surface area contributed by atoms with E-state index in [0.717, 1.165) is 12.1 Å². The zero-order chi connectivity index (χ0) is 30.5. The third kappa shape index (κ3) is 7.72. The standard InChI is InChI=1S/C26H29N5O9S/c1-26(2,3)41(39,40)15-18(11-17-7-5-4-6-8-17)24(32)28-21(25(33)34)12-19-14-29(16-27-19)22-10-9-20(30(35)36)13-23(22)31(37)38/h4-10,13-14,16,18,21H,11-12,15H2,1-3H3,(H,28,32)(H,33,34)/t18-,21+/m1/s1. The zero-order valence-electron chi connectivity index (χ0n) is 22.5. The Morgan fingerprint density at radius 3 is 2.27 bits per heavy atom. The molecule has 0 unspecified atom stereocenters. The minimum Gasteiger partial charge on any atom is -0.480 e. The zero-order valence-corrected chi connectivity index (χ0v) is 23.3. The first-order chi connectivity index (χ1) is 19.1. The maximum atomic E-state index is 13.3. The summed E-state index contributed by atoms with van der Waals surface area (Å²) in [4.78, 5) is 50.4. The van der Waals surface area contributed by atoms with Crippen molar-refractivity contribution in [3.05, 3.63) is 92.5 Å². The molecule has 0 radical (unpaired) electrons. The van der Waals surface area contributed by atoms with E-state index in [1.807, 2.05) is 0 Å². The molecule has 41 heavy (non-hydrogen) atoms. The normalized spacial score (nSPS) is 13.2. The van der Waals surface area contributed by atoms with Crippen LogP contribution in [0.4, 0.5) is 11.4 Å². The van der Waals surface area contributed by atoms with Gasteiger partial charge in [0.1, 0.15) is 11.7 Å². The van der Waals surface area contributed by atoms with Crippen LogP contribution < -0.4 is 5.32 Å². The van der Waals surface area contributed by atoms with Gasteiger partial charge in [-0.3, -0.25) is 29.6 Å². The monoisotopic (exact) mass is 587 g/mol. The Kier molecular flexibility index (Phi) is 9.22. The van der Waals surface area contributed by atoms with Crippen LogP contribution in [-0.4, -0.2) is 61.3 Å². The van der Waals surface area contributed by atoms with E-state index in [4.69, 9.17) is 0 Å². The Bertz CT molecular complexity index is 1560. The Morgan fingerprint density at radius 2 is 1.71 bits per heavy atom. The molecule has 1 amide bonds. The molecule has 0 spiro atoms. The van der Waals surface area contributed by atoms with Crippen molar-refractivity contribution in [1.29, 1.82) is 0 Å². The van der Waals surface area contributed by atoms with Crippen molar-refractivity contribution in [2.45, 2.75) is 44.4 Å². The second-order valence-corrected chi connectivity index (χ2v) is 13.1. The van der Waals surface area contributed by atoms with E-state index in [-0.39, 0.29) is 24.2 Å². The molecule has 3 rings (SSSR count). The highest BCUT2D eigenvalue weighted by molar-refractivity contribution is 7.92. The van der Waals surface area contributed by atoms with Crippen molar-refractivity contribution >= 4 is 33.1 Å². The summed E-state index contributed by atoms with van der Waals surface area (Å²) in [6.07, 6.45) is 2.23. The Balaban J connectivity index is 1.85. The van der Waals surface area contributed by atoms with Crippen LogP contribution in [0.3, 0.4) is 0 Å². The third-order valence-electron chi connectivity index (χ3n) is 6.36. The molecule has 2 atom stereocenters. The van der Waals surface area contributed by atoms with Gasteiger partial charge in [-0.1, -0.05) is 30.3 Å². The maximum Gasteiger partial charge on any atom is 0.326 e. The van der Waals surface area contributed by atoms with Crippen molar-refractivity contribution in [2.75, 3.05) is 5.75 Å². The highest BCUT2D eigenvalue weighted by Crippen LogP contribution is 2.28. The van der Waals surface area contributed by atoms with E-state index in [9.17, 15) is 43.3 Å². The number of rotatable bonds is 12. The Labute approximate surface area is 235 Å². The highest BCUT2D eigenvalue weighted by Gasteiger charge is 2.36. The molecule has 0 saturated carbocycles. The lowest BCUT2D eigenvalue weighted by Gasteiger charge is -2.25. The number of carbonyl (C=O) groups is 2. The molecule has 2 aromatic carbocycles. The summed E-state index contributed by atoms with van der Waals surface area (Å²) in [7, 11) is -3.75. The molecule has 0 aliphatic rings. The minimum absolute atomic E-state index is 0.0365. The van der Waals surface area contributed by atoms with Crippen LogP contribution in [0, 0.1) is 26.1 Å². The topological polar surface area (TPSA) is 205 Å². The van der Waals surface area contributed by atoms with Gasteiger partial charge in [0.2, 0.25) is 5.91 Å². The molecular weight excluding hydrogens is 558 g/mol. The average molecular weight is 588 g/mol. The molecule has 2 N–H and O–H groups in total. The van der Waals surface area contributed by atoms with E-state index < -0.39 is 65.4 Å². The lowest BCUT2D eigenvalue weighted by Crippen LogP contribution is -2.47. The van der Waals surface area contributed by atoms with E-state index in [1.54, 1.807) is 30.3 Å². The van der Waals surface area contributed by atoms with Crippen LogP contribution in [0.5, 0.6) is 0 Å². The number of hydrogen-bond donors (Lipinski definition) is 2. The van der Waals surface area contributed by atoms with Gasteiger partial charge in [0, 0.05) is 18.7 Å². The maximum absolute atomic E-state index is 13.3. The number of nitrogens with zero attached hydrogens (tertiary/aromatic N) is 4. The summed E-state index contributed by atoms with van der Waals surface area (Å²) in [6.45, 7) is 4.56. The number of imidazole rings is 1. The van der Waals surface area contributed by atoms with Crippen molar-refractivity contribution in [3.8, 4) is 5.69 Å². The van der Waals surface area contributed by atoms with Gasteiger partial charge in [0.15, 0.2) is 9.84 Å². The molecule has 218 valence electrons. The summed E-state index contributed by atoms with van der Waals surface area (Å²) in [5, 5.41) is 34.8. The van der Waals surface area contributed by atoms with Gasteiger partial charge < -0.3 is 10.4 Å². The van der Waals surface area contributed by atoms with Crippen molar-refractivity contribution < 1.29 is 33.0 Å². The van der Waals surface area contributed by atoms with Crippen molar-refractivity contribution in [1.82, 2.24) is 14.9 Å². The van der Waals surface area contributed by atoms with Gasteiger partial charge in [-0.05, 0) is 38.8 Å². The molecule has 0 fully saturated rings. The molecule has 14 nitrogen and oxygen atoms in total. The fourth-order valence-electron chi connectivity index (χ4n) is 3.93. The summed E-state index contributed by atoms with van der Waals surface area (Å²) in [6, 6.07) is 10.3. The largest absolute Gasteiger partial charge is 0.480 e. The van der Waals surface area contributed by atoms with Crippen molar-refractivity contribution in [3.63, 3.8) is 0 Å². The minimum atomic E-state index is -3.75. The van der Waals surface area contributed by atoms with Crippen molar-refractivity contribution in [2.24, 2.45) is 5.92 Å². The van der Waals surface area contributed by atoms with Crippen LogP contribution in [0.1, 0.15) is 32.0 Å². The fraction of sp³-hybridized carbons (Fsp3) is 0.346. The molecule has 0 bridgehead atoms. The number of non-ortho nitro benzene ring substituents is 1. The summed E-state index contributed by atoms with van der Waals surface area (Å²) in [5.41, 5.74) is -0.229. The van der Waals surface area contributed by atoms with Gasteiger partial charge >= 0.3 is 5.97 Å². The van der Waals surface area contributed by atoms with E-state index in [2.05, 4.69) is 10.3 Å². The van der Waals surface area contributed by atoms with E-state index in [1.165, 1.54) is 43.9 Å². The number of aliphatic carboxylic acids is 1. The van der Waals surface area contributed by atoms with Gasteiger partial charge in [-0.15, -0.1) is 0 Å².